The summed E-state index contributed by atoms with van der Waals surface area (Å²) in [7, 11) is 3.27. The van der Waals surface area contributed by atoms with Gasteiger partial charge in [-0.1, -0.05) is 0 Å². The lowest BCUT2D eigenvalue weighted by atomic mass is 9.99. The third-order valence-corrected chi connectivity index (χ3v) is 4.30. The van der Waals surface area contributed by atoms with Crippen LogP contribution in [0.5, 0.6) is 11.5 Å². The third kappa shape index (κ3) is 3.71. The highest BCUT2D eigenvalue weighted by atomic mass is 16.5. The summed E-state index contributed by atoms with van der Waals surface area (Å²) in [6.07, 6.45) is 2.48. The highest BCUT2D eigenvalue weighted by Gasteiger charge is 2.22. The fraction of sp³-hybridized carbons (Fsp3) is 0.421. The van der Waals surface area contributed by atoms with Crippen LogP contribution < -0.4 is 19.7 Å². The van der Waals surface area contributed by atoms with E-state index in [-0.39, 0.29) is 11.9 Å². The number of nitrogens with zero attached hydrogens (tertiary/aromatic N) is 3. The molecule has 138 valence electrons. The lowest BCUT2D eigenvalue weighted by Gasteiger charge is -2.29. The van der Waals surface area contributed by atoms with Gasteiger partial charge in [-0.2, -0.15) is 0 Å². The van der Waals surface area contributed by atoms with Crippen LogP contribution in [-0.2, 0) is 13.0 Å². The van der Waals surface area contributed by atoms with Crippen molar-refractivity contribution in [3.8, 4) is 11.5 Å². The standard InChI is InChI=1S/C19H24N4O3/c1-12(2)21-18(24)15-5-7-20-19(22-15)23-8-6-13-9-16(25-3)17(26-4)10-14(13)11-23/h5,7,9-10,12H,6,8,11H2,1-4H3,(H,21,24). The van der Waals surface area contributed by atoms with Gasteiger partial charge in [-0.05, 0) is 49.6 Å². The van der Waals surface area contributed by atoms with Gasteiger partial charge in [0.05, 0.1) is 14.2 Å². The van der Waals surface area contributed by atoms with E-state index in [2.05, 4.69) is 20.2 Å². The Labute approximate surface area is 153 Å². The molecule has 1 aromatic heterocycles. The first-order chi connectivity index (χ1) is 12.5. The number of anilines is 1. The molecular formula is C19H24N4O3. The summed E-state index contributed by atoms with van der Waals surface area (Å²) in [6.45, 7) is 5.27. The van der Waals surface area contributed by atoms with Crippen LogP contribution in [0.1, 0.15) is 35.5 Å². The van der Waals surface area contributed by atoms with Crippen molar-refractivity contribution in [1.29, 1.82) is 0 Å². The summed E-state index contributed by atoms with van der Waals surface area (Å²) in [5.74, 6) is 1.82. The number of ether oxygens (including phenoxy) is 2. The number of methoxy groups -OCH3 is 2. The number of carbonyl (C=O) groups is 1. The second-order valence-corrected chi connectivity index (χ2v) is 6.52. The van der Waals surface area contributed by atoms with Gasteiger partial charge < -0.3 is 19.7 Å². The van der Waals surface area contributed by atoms with Crippen LogP contribution in [-0.4, -0.2) is 42.7 Å². The molecule has 0 saturated carbocycles. The molecule has 0 aliphatic carbocycles. The van der Waals surface area contributed by atoms with Crippen molar-refractivity contribution >= 4 is 11.9 Å². The number of hydrogen-bond acceptors (Lipinski definition) is 6. The lowest BCUT2D eigenvalue weighted by Crippen LogP contribution is -2.34. The van der Waals surface area contributed by atoms with Crippen LogP contribution in [0.25, 0.3) is 0 Å². The smallest absolute Gasteiger partial charge is 0.270 e. The summed E-state index contributed by atoms with van der Waals surface area (Å²) in [5, 5.41) is 2.85. The van der Waals surface area contributed by atoms with Gasteiger partial charge >= 0.3 is 0 Å². The number of rotatable bonds is 5. The van der Waals surface area contributed by atoms with E-state index < -0.39 is 0 Å². The second kappa shape index (κ2) is 7.59. The van der Waals surface area contributed by atoms with Crippen molar-refractivity contribution in [2.45, 2.75) is 32.9 Å². The van der Waals surface area contributed by atoms with Gasteiger partial charge in [0.15, 0.2) is 11.5 Å². The summed E-state index contributed by atoms with van der Waals surface area (Å²) in [6, 6.07) is 5.71. The summed E-state index contributed by atoms with van der Waals surface area (Å²) >= 11 is 0. The maximum absolute atomic E-state index is 12.2. The van der Waals surface area contributed by atoms with Crippen molar-refractivity contribution in [2.75, 3.05) is 25.7 Å². The molecule has 1 amide bonds. The van der Waals surface area contributed by atoms with E-state index in [9.17, 15) is 4.79 Å². The van der Waals surface area contributed by atoms with Crippen LogP contribution in [0.4, 0.5) is 5.95 Å². The van der Waals surface area contributed by atoms with Crippen LogP contribution in [0.3, 0.4) is 0 Å². The Kier molecular flexibility index (Phi) is 5.25. The Hall–Kier alpha value is -2.83. The first kappa shape index (κ1) is 18.0. The highest BCUT2D eigenvalue weighted by Crippen LogP contribution is 2.33. The molecule has 0 fully saturated rings. The topological polar surface area (TPSA) is 76.6 Å². The van der Waals surface area contributed by atoms with Crippen molar-refractivity contribution < 1.29 is 14.3 Å². The highest BCUT2D eigenvalue weighted by molar-refractivity contribution is 5.92. The molecule has 7 heteroatoms. The Balaban J connectivity index is 1.83. The van der Waals surface area contributed by atoms with Gasteiger partial charge in [0, 0.05) is 25.3 Å². The molecule has 7 nitrogen and oxygen atoms in total. The van der Waals surface area contributed by atoms with Gasteiger partial charge in [-0.15, -0.1) is 0 Å². The number of nitrogens with one attached hydrogen (secondary N) is 1. The monoisotopic (exact) mass is 356 g/mol. The minimum Gasteiger partial charge on any atom is -0.493 e. The summed E-state index contributed by atoms with van der Waals surface area (Å²) < 4.78 is 10.8. The van der Waals surface area contributed by atoms with Crippen LogP contribution >= 0.6 is 0 Å². The quantitative estimate of drug-likeness (QED) is 0.885. The number of amides is 1. The van der Waals surface area contributed by atoms with Gasteiger partial charge in [0.2, 0.25) is 5.95 Å². The van der Waals surface area contributed by atoms with Gasteiger partial charge in [-0.25, -0.2) is 9.97 Å². The van der Waals surface area contributed by atoms with E-state index >= 15 is 0 Å². The minimum atomic E-state index is -0.188. The first-order valence-electron chi connectivity index (χ1n) is 8.64. The van der Waals surface area contributed by atoms with Crippen molar-refractivity contribution in [2.24, 2.45) is 0 Å². The first-order valence-corrected chi connectivity index (χ1v) is 8.64. The molecule has 0 atom stereocenters. The largest absolute Gasteiger partial charge is 0.493 e. The Bertz CT molecular complexity index is 807. The van der Waals surface area contributed by atoms with Gasteiger partial charge in [0.25, 0.3) is 5.91 Å². The van der Waals surface area contributed by atoms with Crippen LogP contribution in [0, 0.1) is 0 Å². The number of aromatic nitrogens is 2. The SMILES string of the molecule is COc1cc2c(cc1OC)CN(c1nccc(C(=O)NC(C)C)n1)CC2. The van der Waals surface area contributed by atoms with Crippen molar-refractivity contribution in [3.05, 3.63) is 41.2 Å². The Morgan fingerprint density at radius 1 is 1.19 bits per heavy atom. The Morgan fingerprint density at radius 2 is 1.88 bits per heavy atom. The van der Waals surface area contributed by atoms with E-state index in [0.717, 1.165) is 24.3 Å². The average molecular weight is 356 g/mol. The number of hydrogen-bond donors (Lipinski definition) is 1. The second-order valence-electron chi connectivity index (χ2n) is 6.52. The van der Waals surface area contributed by atoms with Gasteiger partial charge in [0.1, 0.15) is 5.69 Å². The number of benzene rings is 1. The molecule has 0 unspecified atom stereocenters. The number of carbonyl (C=O) groups excluding carboxylic acids is 1. The molecule has 1 aliphatic rings. The molecule has 3 rings (SSSR count). The van der Waals surface area contributed by atoms with E-state index in [1.807, 2.05) is 26.0 Å². The lowest BCUT2D eigenvalue weighted by molar-refractivity contribution is 0.0938. The predicted molar refractivity (Wildman–Crippen MR) is 98.9 cm³/mol. The van der Waals surface area contributed by atoms with Crippen molar-refractivity contribution in [1.82, 2.24) is 15.3 Å². The molecule has 1 N–H and O–H groups in total. The minimum absolute atomic E-state index is 0.0604. The molecule has 1 aliphatic heterocycles. The summed E-state index contributed by atoms with van der Waals surface area (Å²) in [5.41, 5.74) is 2.75. The van der Waals surface area contributed by atoms with E-state index in [1.165, 1.54) is 5.56 Å². The molecule has 0 bridgehead atoms. The zero-order valence-corrected chi connectivity index (χ0v) is 15.6. The van der Waals surface area contributed by atoms with E-state index in [1.54, 1.807) is 26.5 Å². The molecular weight excluding hydrogens is 332 g/mol. The molecule has 1 aromatic carbocycles. The molecule has 0 saturated heterocycles. The molecule has 2 heterocycles. The normalized spacial score (nSPS) is 13.3. The zero-order valence-electron chi connectivity index (χ0n) is 15.6. The maximum Gasteiger partial charge on any atom is 0.270 e. The molecule has 2 aromatic rings. The predicted octanol–water partition coefficient (Wildman–Crippen LogP) is 2.19. The van der Waals surface area contributed by atoms with Crippen LogP contribution in [0.15, 0.2) is 24.4 Å². The molecule has 0 spiro atoms. The maximum atomic E-state index is 12.2. The fourth-order valence-electron chi connectivity index (χ4n) is 3.02. The number of fused-ring (bicyclic) bond motifs is 1. The van der Waals surface area contributed by atoms with Crippen LogP contribution in [0.2, 0.25) is 0 Å². The summed E-state index contributed by atoms with van der Waals surface area (Å²) in [4.78, 5) is 23.1. The molecule has 26 heavy (non-hydrogen) atoms. The fourth-order valence-corrected chi connectivity index (χ4v) is 3.02. The zero-order chi connectivity index (χ0) is 18.7. The molecule has 0 radical (unpaired) electrons. The van der Waals surface area contributed by atoms with Gasteiger partial charge in [-0.3, -0.25) is 4.79 Å². The van der Waals surface area contributed by atoms with E-state index in [0.29, 0.717) is 23.9 Å². The average Bonchev–Trinajstić information content (AvgIpc) is 2.65. The van der Waals surface area contributed by atoms with Crippen molar-refractivity contribution in [3.63, 3.8) is 0 Å². The third-order valence-electron chi connectivity index (χ3n) is 4.30. The van der Waals surface area contributed by atoms with E-state index in [4.69, 9.17) is 9.47 Å². The Morgan fingerprint density at radius 3 is 2.54 bits per heavy atom.